The minimum absolute atomic E-state index is 0.309. The van der Waals surface area contributed by atoms with Crippen LogP contribution in [0.2, 0.25) is 0 Å². The number of ether oxygens (including phenoxy) is 1. The van der Waals surface area contributed by atoms with E-state index < -0.39 is 0 Å². The molecule has 1 aliphatic rings. The average molecular weight is 247 g/mol. The maximum Gasteiger partial charge on any atom is 0.127 e. The van der Waals surface area contributed by atoms with Crippen LogP contribution in [0.1, 0.15) is 57.2 Å². The van der Waals surface area contributed by atoms with Gasteiger partial charge < -0.3 is 10.1 Å². The number of nitrogens with one attached hydrogen (secondary N) is 1. The molecule has 100 valence electrons. The lowest BCUT2D eigenvalue weighted by Crippen LogP contribution is -2.31. The first-order valence-electron chi connectivity index (χ1n) is 7.33. The molecule has 0 aliphatic carbocycles. The molecule has 0 saturated carbocycles. The van der Waals surface area contributed by atoms with Gasteiger partial charge in [-0.3, -0.25) is 0 Å². The first-order valence-corrected chi connectivity index (χ1v) is 7.33. The Balaban J connectivity index is 2.25. The first-order chi connectivity index (χ1) is 8.81. The van der Waals surface area contributed by atoms with Gasteiger partial charge in [-0.1, -0.05) is 45.4 Å². The van der Waals surface area contributed by atoms with E-state index in [0.29, 0.717) is 12.1 Å². The van der Waals surface area contributed by atoms with Crippen molar-refractivity contribution in [1.29, 1.82) is 0 Å². The van der Waals surface area contributed by atoms with Crippen molar-refractivity contribution in [2.45, 2.75) is 58.6 Å². The molecule has 2 rings (SSSR count). The van der Waals surface area contributed by atoms with Gasteiger partial charge in [-0.15, -0.1) is 0 Å². The molecule has 2 atom stereocenters. The predicted molar refractivity (Wildman–Crippen MR) is 76.2 cm³/mol. The Bertz CT molecular complexity index is 389. The van der Waals surface area contributed by atoms with E-state index in [-0.39, 0.29) is 0 Å². The summed E-state index contributed by atoms with van der Waals surface area (Å²) in [6, 6.07) is 6.95. The highest BCUT2D eigenvalue weighted by Gasteiger charge is 2.34. The Morgan fingerprint density at radius 2 is 2.00 bits per heavy atom. The molecule has 0 amide bonds. The number of para-hydroxylation sites is 1. The third kappa shape index (κ3) is 2.54. The Kier molecular flexibility index (Phi) is 4.65. The Morgan fingerprint density at radius 1 is 1.17 bits per heavy atom. The molecule has 1 aromatic rings. The molecule has 2 heteroatoms. The van der Waals surface area contributed by atoms with E-state index in [0.717, 1.165) is 31.6 Å². The van der Waals surface area contributed by atoms with E-state index in [1.54, 1.807) is 0 Å². The summed E-state index contributed by atoms with van der Waals surface area (Å²) in [5, 5.41) is 3.65. The molecule has 0 radical (unpaired) electrons. The minimum atomic E-state index is 0.309. The van der Waals surface area contributed by atoms with Crippen molar-refractivity contribution in [3.05, 3.63) is 29.3 Å². The second-order valence-corrected chi connectivity index (χ2v) is 5.07. The van der Waals surface area contributed by atoms with E-state index in [9.17, 15) is 0 Å². The molecule has 1 aromatic carbocycles. The van der Waals surface area contributed by atoms with Crippen molar-refractivity contribution < 1.29 is 4.74 Å². The van der Waals surface area contributed by atoms with Gasteiger partial charge in [-0.25, -0.2) is 0 Å². The highest BCUT2D eigenvalue weighted by Crippen LogP contribution is 2.40. The maximum absolute atomic E-state index is 6.22. The van der Waals surface area contributed by atoms with Crippen LogP contribution in [0.3, 0.4) is 0 Å². The largest absolute Gasteiger partial charge is 0.488 e. The van der Waals surface area contributed by atoms with Crippen molar-refractivity contribution in [3.63, 3.8) is 0 Å². The second-order valence-electron chi connectivity index (χ2n) is 5.07. The summed E-state index contributed by atoms with van der Waals surface area (Å²) in [5.74, 6) is 1.15. The fraction of sp³-hybridized carbons (Fsp3) is 0.625. The molecule has 2 unspecified atom stereocenters. The Hall–Kier alpha value is -1.02. The number of fused-ring (bicyclic) bond motifs is 1. The van der Waals surface area contributed by atoms with E-state index in [1.807, 2.05) is 0 Å². The van der Waals surface area contributed by atoms with Gasteiger partial charge >= 0.3 is 0 Å². The standard InChI is InChI=1S/C16H25NO/c1-4-8-14-15(17-11-5-2)13-10-7-9-12(6-3)16(13)18-14/h7,9-10,14-15,17H,4-6,8,11H2,1-3H3. The summed E-state index contributed by atoms with van der Waals surface area (Å²) in [7, 11) is 0. The third-order valence-corrected chi connectivity index (χ3v) is 3.67. The predicted octanol–water partition coefficient (Wildman–Crippen LogP) is 3.85. The summed E-state index contributed by atoms with van der Waals surface area (Å²) in [6.07, 6.45) is 4.81. The Morgan fingerprint density at radius 3 is 2.67 bits per heavy atom. The quantitative estimate of drug-likeness (QED) is 0.824. The van der Waals surface area contributed by atoms with Gasteiger partial charge in [0.15, 0.2) is 0 Å². The molecule has 1 heterocycles. The molecule has 0 saturated heterocycles. The van der Waals surface area contributed by atoms with Gasteiger partial charge in [0.25, 0.3) is 0 Å². The van der Waals surface area contributed by atoms with Gasteiger partial charge in [0.2, 0.25) is 0 Å². The highest BCUT2D eigenvalue weighted by molar-refractivity contribution is 5.47. The van der Waals surface area contributed by atoms with Crippen molar-refractivity contribution in [1.82, 2.24) is 5.32 Å². The van der Waals surface area contributed by atoms with E-state index in [4.69, 9.17) is 4.74 Å². The maximum atomic E-state index is 6.22. The first kappa shape index (κ1) is 13.4. The zero-order valence-electron chi connectivity index (χ0n) is 11.8. The molecule has 1 aliphatic heterocycles. The molecular weight excluding hydrogens is 222 g/mol. The number of aryl methyl sites for hydroxylation is 1. The zero-order valence-corrected chi connectivity index (χ0v) is 11.8. The van der Waals surface area contributed by atoms with Crippen LogP contribution < -0.4 is 10.1 Å². The van der Waals surface area contributed by atoms with Crippen LogP contribution in [-0.2, 0) is 6.42 Å². The number of benzene rings is 1. The molecule has 0 spiro atoms. The number of hydrogen-bond donors (Lipinski definition) is 1. The second kappa shape index (κ2) is 6.24. The highest BCUT2D eigenvalue weighted by atomic mass is 16.5. The summed E-state index contributed by atoms with van der Waals surface area (Å²) in [4.78, 5) is 0. The van der Waals surface area contributed by atoms with Crippen molar-refractivity contribution >= 4 is 0 Å². The topological polar surface area (TPSA) is 21.3 Å². The summed E-state index contributed by atoms with van der Waals surface area (Å²) in [6.45, 7) is 7.69. The van der Waals surface area contributed by atoms with E-state index >= 15 is 0 Å². The van der Waals surface area contributed by atoms with Crippen LogP contribution in [0.25, 0.3) is 0 Å². The molecule has 18 heavy (non-hydrogen) atoms. The molecule has 2 nitrogen and oxygen atoms in total. The fourth-order valence-electron chi connectivity index (χ4n) is 2.74. The van der Waals surface area contributed by atoms with Crippen LogP contribution in [-0.4, -0.2) is 12.6 Å². The van der Waals surface area contributed by atoms with Crippen LogP contribution >= 0.6 is 0 Å². The van der Waals surface area contributed by atoms with Crippen molar-refractivity contribution in [2.24, 2.45) is 0 Å². The van der Waals surface area contributed by atoms with Gasteiger partial charge in [0.1, 0.15) is 11.9 Å². The van der Waals surface area contributed by atoms with Gasteiger partial charge in [0.05, 0.1) is 6.04 Å². The van der Waals surface area contributed by atoms with Gasteiger partial charge in [-0.2, -0.15) is 0 Å². The van der Waals surface area contributed by atoms with Crippen molar-refractivity contribution in [2.75, 3.05) is 6.54 Å². The van der Waals surface area contributed by atoms with Crippen LogP contribution in [0.4, 0.5) is 0 Å². The lowest BCUT2D eigenvalue weighted by molar-refractivity contribution is 0.177. The van der Waals surface area contributed by atoms with Gasteiger partial charge in [-0.05, 0) is 31.4 Å². The summed E-state index contributed by atoms with van der Waals surface area (Å²) < 4.78 is 6.22. The van der Waals surface area contributed by atoms with Crippen LogP contribution in [0.15, 0.2) is 18.2 Å². The fourth-order valence-corrected chi connectivity index (χ4v) is 2.74. The third-order valence-electron chi connectivity index (χ3n) is 3.67. The average Bonchev–Trinajstić information content (AvgIpc) is 2.74. The summed E-state index contributed by atoms with van der Waals surface area (Å²) >= 11 is 0. The molecule has 1 N–H and O–H groups in total. The monoisotopic (exact) mass is 247 g/mol. The number of hydrogen-bond acceptors (Lipinski definition) is 2. The van der Waals surface area contributed by atoms with Crippen LogP contribution in [0, 0.1) is 0 Å². The van der Waals surface area contributed by atoms with Crippen molar-refractivity contribution in [3.8, 4) is 5.75 Å². The SMILES string of the molecule is CCCNC1c2cccc(CC)c2OC1CCC. The molecule has 0 bridgehead atoms. The lowest BCUT2D eigenvalue weighted by atomic mass is 9.98. The Labute approximate surface area is 111 Å². The molecule has 0 fully saturated rings. The summed E-state index contributed by atoms with van der Waals surface area (Å²) in [5.41, 5.74) is 2.70. The van der Waals surface area contributed by atoms with Gasteiger partial charge in [0, 0.05) is 5.56 Å². The minimum Gasteiger partial charge on any atom is -0.488 e. The smallest absolute Gasteiger partial charge is 0.127 e. The number of rotatable bonds is 6. The van der Waals surface area contributed by atoms with Crippen LogP contribution in [0.5, 0.6) is 5.75 Å². The normalized spacial score (nSPS) is 21.7. The zero-order chi connectivity index (χ0) is 13.0. The van der Waals surface area contributed by atoms with E-state index in [2.05, 4.69) is 44.3 Å². The van der Waals surface area contributed by atoms with E-state index in [1.165, 1.54) is 17.5 Å². The molecular formula is C16H25NO. The lowest BCUT2D eigenvalue weighted by Gasteiger charge is -2.19. The molecule has 0 aromatic heterocycles.